The highest BCUT2D eigenvalue weighted by Gasteiger charge is 2.13. The van der Waals surface area contributed by atoms with Gasteiger partial charge in [0.25, 0.3) is 11.8 Å². The molecule has 26 heavy (non-hydrogen) atoms. The number of hydrogen-bond donors (Lipinski definition) is 2. The summed E-state index contributed by atoms with van der Waals surface area (Å²) in [4.78, 5) is 40.0. The molecule has 7 heteroatoms. The molecule has 0 fully saturated rings. The highest BCUT2D eigenvalue weighted by atomic mass is 16.5. The van der Waals surface area contributed by atoms with Crippen molar-refractivity contribution < 1.29 is 19.1 Å². The van der Waals surface area contributed by atoms with Gasteiger partial charge in [0.1, 0.15) is 11.4 Å². The number of pyridine rings is 1. The Kier molecular flexibility index (Phi) is 6.43. The smallest absolute Gasteiger partial charge is 0.338 e. The van der Waals surface area contributed by atoms with Crippen molar-refractivity contribution in [3.8, 4) is 0 Å². The minimum atomic E-state index is -0.451. The molecule has 0 aliphatic rings. The maximum absolute atomic E-state index is 12.3. The zero-order valence-corrected chi connectivity index (χ0v) is 14.9. The lowest BCUT2D eigenvalue weighted by atomic mass is 10.2. The Morgan fingerprint density at radius 1 is 1.00 bits per heavy atom. The van der Waals surface area contributed by atoms with Gasteiger partial charge in [-0.25, -0.2) is 9.78 Å². The fraction of sp³-hybridized carbons (Fsp3) is 0.263. The van der Waals surface area contributed by atoms with Crippen LogP contribution in [0.15, 0.2) is 42.5 Å². The number of anilines is 1. The predicted octanol–water partition coefficient (Wildman–Crippen LogP) is 2.65. The Bertz CT molecular complexity index is 801. The first-order valence-corrected chi connectivity index (χ1v) is 8.27. The summed E-state index contributed by atoms with van der Waals surface area (Å²) in [6.07, 6.45) is 0. The third kappa shape index (κ3) is 5.14. The summed E-state index contributed by atoms with van der Waals surface area (Å²) < 4.78 is 4.91. The second-order valence-corrected chi connectivity index (χ2v) is 5.79. The number of esters is 1. The largest absolute Gasteiger partial charge is 0.462 e. The van der Waals surface area contributed by atoms with E-state index in [1.54, 1.807) is 43.3 Å². The molecule has 0 unspecified atom stereocenters. The van der Waals surface area contributed by atoms with Crippen LogP contribution in [0.4, 0.5) is 5.69 Å². The molecular formula is C19H21N3O4. The van der Waals surface area contributed by atoms with Gasteiger partial charge in [-0.3, -0.25) is 9.59 Å². The van der Waals surface area contributed by atoms with Gasteiger partial charge in [0.2, 0.25) is 0 Å². The number of nitrogens with zero attached hydrogens (tertiary/aromatic N) is 1. The van der Waals surface area contributed by atoms with Crippen LogP contribution in [0.2, 0.25) is 0 Å². The van der Waals surface area contributed by atoms with E-state index in [1.165, 1.54) is 6.07 Å². The standard InChI is InChI=1S/C19H21N3O4/c1-4-26-19(25)13-8-10-14(11-9-13)21-18(24)16-7-5-6-15(22-16)17(23)20-12(2)3/h5-12H,4H2,1-3H3,(H,20,23)(H,21,24). The van der Waals surface area contributed by atoms with Gasteiger partial charge in [-0.1, -0.05) is 6.07 Å². The molecule has 0 bridgehead atoms. The molecule has 1 aromatic carbocycles. The lowest BCUT2D eigenvalue weighted by Crippen LogP contribution is -2.31. The van der Waals surface area contributed by atoms with E-state index in [0.717, 1.165) is 0 Å². The fourth-order valence-corrected chi connectivity index (χ4v) is 2.12. The molecule has 136 valence electrons. The van der Waals surface area contributed by atoms with E-state index in [9.17, 15) is 14.4 Å². The van der Waals surface area contributed by atoms with Crippen LogP contribution >= 0.6 is 0 Å². The molecular weight excluding hydrogens is 334 g/mol. The molecule has 1 aromatic heterocycles. The lowest BCUT2D eigenvalue weighted by Gasteiger charge is -2.09. The van der Waals surface area contributed by atoms with Gasteiger partial charge in [-0.2, -0.15) is 0 Å². The molecule has 2 aromatic rings. The van der Waals surface area contributed by atoms with Crippen molar-refractivity contribution in [2.45, 2.75) is 26.8 Å². The van der Waals surface area contributed by atoms with Crippen LogP contribution in [-0.2, 0) is 4.74 Å². The highest BCUT2D eigenvalue weighted by Crippen LogP contribution is 2.12. The molecule has 2 N–H and O–H groups in total. The Labute approximate surface area is 151 Å². The average Bonchev–Trinajstić information content (AvgIpc) is 2.62. The van der Waals surface area contributed by atoms with Crippen molar-refractivity contribution in [2.24, 2.45) is 0 Å². The number of benzene rings is 1. The summed E-state index contributed by atoms with van der Waals surface area (Å²) in [7, 11) is 0. The van der Waals surface area contributed by atoms with Crippen LogP contribution in [0, 0.1) is 0 Å². The van der Waals surface area contributed by atoms with Gasteiger partial charge in [0.15, 0.2) is 0 Å². The Morgan fingerprint density at radius 2 is 1.62 bits per heavy atom. The summed E-state index contributed by atoms with van der Waals surface area (Å²) in [5, 5.41) is 5.40. The number of rotatable bonds is 6. The number of aromatic nitrogens is 1. The molecule has 1 heterocycles. The first kappa shape index (κ1) is 19.1. The summed E-state index contributed by atoms with van der Waals surface area (Å²) in [6, 6.07) is 11.0. The van der Waals surface area contributed by atoms with Crippen molar-refractivity contribution in [2.75, 3.05) is 11.9 Å². The average molecular weight is 355 g/mol. The maximum atomic E-state index is 12.3. The van der Waals surface area contributed by atoms with Gasteiger partial charge < -0.3 is 15.4 Å². The van der Waals surface area contributed by atoms with Crippen LogP contribution in [0.1, 0.15) is 52.1 Å². The minimum Gasteiger partial charge on any atom is -0.462 e. The van der Waals surface area contributed by atoms with Crippen molar-refractivity contribution in [1.29, 1.82) is 0 Å². The van der Waals surface area contributed by atoms with Crippen LogP contribution in [0.5, 0.6) is 0 Å². The Morgan fingerprint density at radius 3 is 2.19 bits per heavy atom. The van der Waals surface area contributed by atoms with Gasteiger partial charge in [-0.15, -0.1) is 0 Å². The van der Waals surface area contributed by atoms with E-state index >= 15 is 0 Å². The Hall–Kier alpha value is -3.22. The molecule has 0 atom stereocenters. The zero-order chi connectivity index (χ0) is 19.1. The van der Waals surface area contributed by atoms with Crippen LogP contribution < -0.4 is 10.6 Å². The maximum Gasteiger partial charge on any atom is 0.338 e. The lowest BCUT2D eigenvalue weighted by molar-refractivity contribution is 0.0526. The second kappa shape index (κ2) is 8.75. The monoisotopic (exact) mass is 355 g/mol. The van der Waals surface area contributed by atoms with Gasteiger partial charge in [0.05, 0.1) is 12.2 Å². The van der Waals surface area contributed by atoms with E-state index in [-0.39, 0.29) is 23.3 Å². The SMILES string of the molecule is CCOC(=O)c1ccc(NC(=O)c2cccc(C(=O)NC(C)C)n2)cc1. The number of ether oxygens (including phenoxy) is 1. The molecule has 0 aliphatic heterocycles. The van der Waals surface area contributed by atoms with Gasteiger partial charge in [0, 0.05) is 11.7 Å². The molecule has 0 spiro atoms. The minimum absolute atomic E-state index is 0.0281. The molecule has 2 amide bonds. The third-order valence-corrected chi connectivity index (χ3v) is 3.29. The molecule has 0 radical (unpaired) electrons. The van der Waals surface area contributed by atoms with E-state index in [1.807, 2.05) is 13.8 Å². The molecule has 0 aliphatic carbocycles. The second-order valence-electron chi connectivity index (χ2n) is 5.79. The number of nitrogens with one attached hydrogen (secondary N) is 2. The molecule has 0 saturated heterocycles. The van der Waals surface area contributed by atoms with Crippen LogP contribution in [0.25, 0.3) is 0 Å². The quantitative estimate of drug-likeness (QED) is 0.777. The molecule has 7 nitrogen and oxygen atoms in total. The zero-order valence-electron chi connectivity index (χ0n) is 14.9. The topological polar surface area (TPSA) is 97.4 Å². The highest BCUT2D eigenvalue weighted by molar-refractivity contribution is 6.04. The van der Waals surface area contributed by atoms with Crippen molar-refractivity contribution in [3.63, 3.8) is 0 Å². The fourth-order valence-electron chi connectivity index (χ4n) is 2.12. The van der Waals surface area contributed by atoms with Gasteiger partial charge >= 0.3 is 5.97 Å². The summed E-state index contributed by atoms with van der Waals surface area (Å²) in [5.74, 6) is -1.21. The number of hydrogen-bond acceptors (Lipinski definition) is 5. The van der Waals surface area contributed by atoms with E-state index in [0.29, 0.717) is 17.9 Å². The van der Waals surface area contributed by atoms with E-state index in [4.69, 9.17) is 4.74 Å². The van der Waals surface area contributed by atoms with Crippen molar-refractivity contribution in [3.05, 3.63) is 59.4 Å². The van der Waals surface area contributed by atoms with Crippen molar-refractivity contribution in [1.82, 2.24) is 10.3 Å². The molecule has 0 saturated carbocycles. The first-order chi connectivity index (χ1) is 12.4. The normalized spacial score (nSPS) is 10.3. The van der Waals surface area contributed by atoms with Crippen LogP contribution in [0.3, 0.4) is 0 Å². The first-order valence-electron chi connectivity index (χ1n) is 8.27. The summed E-state index contributed by atoms with van der Waals surface area (Å²) in [5.41, 5.74) is 1.19. The third-order valence-electron chi connectivity index (χ3n) is 3.29. The Balaban J connectivity index is 2.08. The number of carbonyl (C=O) groups excluding carboxylic acids is 3. The summed E-state index contributed by atoms with van der Waals surface area (Å²) in [6.45, 7) is 5.71. The van der Waals surface area contributed by atoms with E-state index in [2.05, 4.69) is 15.6 Å². The van der Waals surface area contributed by atoms with Gasteiger partial charge in [-0.05, 0) is 57.2 Å². The van der Waals surface area contributed by atoms with Crippen LogP contribution in [-0.4, -0.2) is 35.4 Å². The van der Waals surface area contributed by atoms with E-state index < -0.39 is 11.9 Å². The number of amides is 2. The van der Waals surface area contributed by atoms with Crippen molar-refractivity contribution >= 4 is 23.5 Å². The predicted molar refractivity (Wildman–Crippen MR) is 97.2 cm³/mol. The molecule has 2 rings (SSSR count). The number of carbonyl (C=O) groups is 3. The summed E-state index contributed by atoms with van der Waals surface area (Å²) >= 11 is 0.